The van der Waals surface area contributed by atoms with Crippen molar-refractivity contribution in [3.8, 4) is 0 Å². The normalized spacial score (nSPS) is 11.4. The average molecular weight is 271 g/mol. The lowest BCUT2D eigenvalue weighted by atomic mass is 10.2. The van der Waals surface area contributed by atoms with E-state index in [1.807, 2.05) is 0 Å². The molecule has 0 aromatic heterocycles. The minimum Gasteiger partial charge on any atom is -0.399 e. The Balaban J connectivity index is 2.71. The van der Waals surface area contributed by atoms with E-state index in [0.717, 1.165) is 19.4 Å². The summed E-state index contributed by atoms with van der Waals surface area (Å²) in [6.07, 6.45) is 4.49. The quantitative estimate of drug-likeness (QED) is 0.521. The van der Waals surface area contributed by atoms with Gasteiger partial charge in [0.05, 0.1) is 5.69 Å². The minimum atomic E-state index is -3.75. The molecular formula is C12H21N3O2S. The van der Waals surface area contributed by atoms with Crippen molar-refractivity contribution in [1.29, 1.82) is 0 Å². The third-order valence-electron chi connectivity index (χ3n) is 2.66. The van der Waals surface area contributed by atoms with Gasteiger partial charge in [-0.3, -0.25) is 0 Å². The molecular weight excluding hydrogens is 250 g/mol. The lowest BCUT2D eigenvalue weighted by molar-refractivity contribution is 0.598. The number of rotatable bonds is 7. The number of anilines is 2. The molecule has 0 bridgehead atoms. The molecule has 0 atom stereocenters. The van der Waals surface area contributed by atoms with Crippen LogP contribution in [0.3, 0.4) is 0 Å². The largest absolute Gasteiger partial charge is 0.399 e. The van der Waals surface area contributed by atoms with E-state index in [0.29, 0.717) is 11.4 Å². The van der Waals surface area contributed by atoms with Gasteiger partial charge in [-0.1, -0.05) is 26.2 Å². The molecule has 0 radical (unpaired) electrons. The molecule has 1 rings (SSSR count). The second kappa shape index (κ2) is 6.61. The number of nitrogens with one attached hydrogen (secondary N) is 1. The van der Waals surface area contributed by atoms with Crippen molar-refractivity contribution in [3.63, 3.8) is 0 Å². The Kier molecular flexibility index (Phi) is 5.43. The van der Waals surface area contributed by atoms with Crippen LogP contribution in [0.5, 0.6) is 0 Å². The maximum Gasteiger partial charge on any atom is 0.240 e. The number of benzene rings is 1. The van der Waals surface area contributed by atoms with Crippen molar-refractivity contribution in [2.45, 2.75) is 37.5 Å². The van der Waals surface area contributed by atoms with Crippen LogP contribution in [-0.2, 0) is 10.0 Å². The first-order valence-corrected chi connectivity index (χ1v) is 7.66. The molecule has 5 N–H and O–H groups in total. The van der Waals surface area contributed by atoms with Crippen molar-refractivity contribution >= 4 is 21.4 Å². The number of nitrogens with two attached hydrogens (primary N) is 2. The van der Waals surface area contributed by atoms with Crippen LogP contribution in [0, 0.1) is 0 Å². The van der Waals surface area contributed by atoms with Crippen molar-refractivity contribution < 1.29 is 8.42 Å². The summed E-state index contributed by atoms with van der Waals surface area (Å²) in [7, 11) is -3.75. The van der Waals surface area contributed by atoms with Gasteiger partial charge in [0.1, 0.15) is 4.90 Å². The molecule has 5 nitrogen and oxygen atoms in total. The van der Waals surface area contributed by atoms with Crippen LogP contribution >= 0.6 is 0 Å². The zero-order valence-corrected chi connectivity index (χ0v) is 11.5. The molecule has 0 spiro atoms. The molecule has 1 aromatic rings. The van der Waals surface area contributed by atoms with Crippen LogP contribution in [0.4, 0.5) is 11.4 Å². The van der Waals surface area contributed by atoms with Crippen LogP contribution < -0.4 is 16.2 Å². The van der Waals surface area contributed by atoms with Crippen molar-refractivity contribution in [1.82, 2.24) is 0 Å². The van der Waals surface area contributed by atoms with Crippen LogP contribution in [-0.4, -0.2) is 15.0 Å². The van der Waals surface area contributed by atoms with E-state index in [-0.39, 0.29) is 4.90 Å². The summed E-state index contributed by atoms with van der Waals surface area (Å²) in [5, 5.41) is 8.25. The first-order valence-electron chi connectivity index (χ1n) is 6.11. The first-order chi connectivity index (χ1) is 8.45. The highest BCUT2D eigenvalue weighted by Gasteiger charge is 2.13. The number of sulfonamides is 1. The first kappa shape index (κ1) is 14.8. The van der Waals surface area contributed by atoms with Crippen LogP contribution in [0.25, 0.3) is 0 Å². The molecule has 18 heavy (non-hydrogen) atoms. The highest BCUT2D eigenvalue weighted by atomic mass is 32.2. The minimum absolute atomic E-state index is 0.0537. The van der Waals surface area contributed by atoms with Crippen molar-refractivity contribution in [2.75, 3.05) is 17.6 Å². The Morgan fingerprint density at radius 1 is 1.22 bits per heavy atom. The van der Waals surface area contributed by atoms with E-state index in [9.17, 15) is 8.42 Å². The third kappa shape index (κ3) is 4.54. The molecule has 0 aliphatic rings. The maximum absolute atomic E-state index is 11.4. The Morgan fingerprint density at radius 3 is 2.56 bits per heavy atom. The predicted octanol–water partition coefficient (Wildman–Crippen LogP) is 1.91. The Bertz CT molecular complexity index is 486. The Morgan fingerprint density at radius 2 is 1.94 bits per heavy atom. The van der Waals surface area contributed by atoms with E-state index in [1.165, 1.54) is 18.9 Å². The van der Waals surface area contributed by atoms with Gasteiger partial charge in [-0.15, -0.1) is 0 Å². The van der Waals surface area contributed by atoms with Crippen LogP contribution in [0.1, 0.15) is 32.6 Å². The maximum atomic E-state index is 11.4. The molecule has 0 fully saturated rings. The van der Waals surface area contributed by atoms with E-state index >= 15 is 0 Å². The standard InChI is InChI=1S/C12H21N3O2S/c1-2-3-4-5-8-15-11-7-6-10(13)9-12(11)18(14,16)17/h6-7,9,15H,2-5,8,13H2,1H3,(H2,14,16,17). The third-order valence-corrected chi connectivity index (χ3v) is 3.61. The summed E-state index contributed by atoms with van der Waals surface area (Å²) in [5.74, 6) is 0. The second-order valence-corrected chi connectivity index (χ2v) is 5.82. The second-order valence-electron chi connectivity index (χ2n) is 4.29. The molecule has 0 aliphatic heterocycles. The summed E-state index contributed by atoms with van der Waals surface area (Å²) >= 11 is 0. The number of nitrogen functional groups attached to an aromatic ring is 1. The fraction of sp³-hybridized carbons (Fsp3) is 0.500. The SMILES string of the molecule is CCCCCCNc1ccc(N)cc1S(N)(=O)=O. The predicted molar refractivity (Wildman–Crippen MR) is 74.9 cm³/mol. The average Bonchev–Trinajstić information content (AvgIpc) is 2.29. The Labute approximate surface area is 109 Å². The molecule has 0 saturated carbocycles. The number of hydrogen-bond acceptors (Lipinski definition) is 4. The Hall–Kier alpha value is -1.27. The molecule has 6 heteroatoms. The number of unbranched alkanes of at least 4 members (excludes halogenated alkanes) is 3. The van der Waals surface area contributed by atoms with Gasteiger partial charge in [0.2, 0.25) is 10.0 Å². The van der Waals surface area contributed by atoms with Gasteiger partial charge in [-0.25, -0.2) is 13.6 Å². The molecule has 0 amide bonds. The monoisotopic (exact) mass is 271 g/mol. The highest BCUT2D eigenvalue weighted by molar-refractivity contribution is 7.89. The summed E-state index contributed by atoms with van der Waals surface area (Å²) in [6, 6.07) is 4.68. The van der Waals surface area contributed by atoms with Crippen LogP contribution in [0.2, 0.25) is 0 Å². The summed E-state index contributed by atoms with van der Waals surface area (Å²) in [5.41, 5.74) is 6.47. The van der Waals surface area contributed by atoms with Gasteiger partial charge in [0.25, 0.3) is 0 Å². The molecule has 1 aromatic carbocycles. The molecule has 0 heterocycles. The summed E-state index contributed by atoms with van der Waals surface area (Å²) in [6.45, 7) is 2.87. The van der Waals surface area contributed by atoms with E-state index in [1.54, 1.807) is 12.1 Å². The number of hydrogen-bond donors (Lipinski definition) is 3. The topological polar surface area (TPSA) is 98.2 Å². The van der Waals surface area contributed by atoms with Gasteiger partial charge < -0.3 is 11.1 Å². The zero-order chi connectivity index (χ0) is 13.6. The summed E-state index contributed by atoms with van der Waals surface area (Å²) < 4.78 is 22.8. The van der Waals surface area contributed by atoms with E-state index in [2.05, 4.69) is 12.2 Å². The van der Waals surface area contributed by atoms with E-state index in [4.69, 9.17) is 10.9 Å². The van der Waals surface area contributed by atoms with E-state index < -0.39 is 10.0 Å². The van der Waals surface area contributed by atoms with Gasteiger partial charge in [0.15, 0.2) is 0 Å². The van der Waals surface area contributed by atoms with Gasteiger partial charge in [-0.2, -0.15) is 0 Å². The van der Waals surface area contributed by atoms with Crippen molar-refractivity contribution in [2.24, 2.45) is 5.14 Å². The van der Waals surface area contributed by atoms with Crippen LogP contribution in [0.15, 0.2) is 23.1 Å². The molecule has 0 saturated heterocycles. The molecule has 102 valence electrons. The lowest BCUT2D eigenvalue weighted by Crippen LogP contribution is -2.16. The van der Waals surface area contributed by atoms with Gasteiger partial charge >= 0.3 is 0 Å². The number of primary sulfonamides is 1. The van der Waals surface area contributed by atoms with Gasteiger partial charge in [-0.05, 0) is 24.6 Å². The zero-order valence-electron chi connectivity index (χ0n) is 10.6. The van der Waals surface area contributed by atoms with Gasteiger partial charge in [0, 0.05) is 12.2 Å². The lowest BCUT2D eigenvalue weighted by Gasteiger charge is -2.11. The fourth-order valence-corrected chi connectivity index (χ4v) is 2.44. The summed E-state index contributed by atoms with van der Waals surface area (Å²) in [4.78, 5) is 0.0537. The smallest absolute Gasteiger partial charge is 0.240 e. The van der Waals surface area contributed by atoms with Crippen molar-refractivity contribution in [3.05, 3.63) is 18.2 Å². The fourth-order valence-electron chi connectivity index (χ4n) is 1.70. The highest BCUT2D eigenvalue weighted by Crippen LogP contribution is 2.22. The molecule has 0 unspecified atom stereocenters. The molecule has 0 aliphatic carbocycles.